The molecule has 5 heterocycles. The van der Waals surface area contributed by atoms with Crippen LogP contribution in [0.1, 0.15) is 29.2 Å². The molecule has 1 aliphatic heterocycles. The monoisotopic (exact) mass is 548 g/mol. The predicted molar refractivity (Wildman–Crippen MR) is 135 cm³/mol. The largest absolute Gasteiger partial charge is 0.493 e. The highest BCUT2D eigenvalue weighted by molar-refractivity contribution is 7.15. The van der Waals surface area contributed by atoms with E-state index in [0.717, 1.165) is 30.8 Å². The minimum atomic E-state index is -4.45. The van der Waals surface area contributed by atoms with Gasteiger partial charge in [0.15, 0.2) is 11.4 Å². The molecule has 4 aromatic rings. The van der Waals surface area contributed by atoms with Crippen molar-refractivity contribution in [2.75, 3.05) is 40.8 Å². The Labute approximate surface area is 220 Å². The van der Waals surface area contributed by atoms with E-state index < -0.39 is 12.6 Å². The number of hydrogen-bond donors (Lipinski definition) is 1. The fourth-order valence-electron chi connectivity index (χ4n) is 4.63. The smallest absolute Gasteiger partial charge is 0.393 e. The first-order valence-corrected chi connectivity index (χ1v) is 12.8. The topological polar surface area (TPSA) is 105 Å². The molecule has 0 aliphatic carbocycles. The first-order valence-electron chi connectivity index (χ1n) is 12.0. The van der Waals surface area contributed by atoms with E-state index >= 15 is 0 Å². The summed E-state index contributed by atoms with van der Waals surface area (Å²) >= 11 is 1.38. The van der Waals surface area contributed by atoms with Gasteiger partial charge < -0.3 is 9.64 Å². The number of H-pyrrole nitrogens is 1. The number of aromatic amines is 1. The summed E-state index contributed by atoms with van der Waals surface area (Å²) in [6, 6.07) is 1.60. The summed E-state index contributed by atoms with van der Waals surface area (Å²) in [6.45, 7) is 1.94. The van der Waals surface area contributed by atoms with Gasteiger partial charge in [-0.1, -0.05) is 0 Å². The van der Waals surface area contributed by atoms with E-state index in [1.165, 1.54) is 29.3 Å². The van der Waals surface area contributed by atoms with Crippen molar-refractivity contribution in [3.63, 3.8) is 0 Å². The lowest BCUT2D eigenvalue weighted by atomic mass is 9.96. The van der Waals surface area contributed by atoms with Crippen molar-refractivity contribution in [3.8, 4) is 27.7 Å². The lowest BCUT2D eigenvalue weighted by Crippen LogP contribution is -2.40. The van der Waals surface area contributed by atoms with Gasteiger partial charge in [-0.05, 0) is 37.9 Å². The number of nitrogens with zero attached hydrogens (tertiary/aromatic N) is 7. The van der Waals surface area contributed by atoms with Crippen molar-refractivity contribution in [2.24, 2.45) is 0 Å². The number of nitrogens with one attached hydrogen (secondary N) is 1. The molecular weight excluding hydrogens is 521 g/mol. The molecule has 202 valence electrons. The molecule has 10 nitrogen and oxygen atoms in total. The number of ether oxygens (including phenoxy) is 1. The Hall–Kier alpha value is -3.52. The highest BCUT2D eigenvalue weighted by Crippen LogP contribution is 2.40. The van der Waals surface area contributed by atoms with Gasteiger partial charge in [-0.15, -0.1) is 11.3 Å². The molecule has 0 bridgehead atoms. The number of aromatic nitrogens is 6. The number of carbonyl (C=O) groups excluding carboxylic acids is 1. The molecule has 1 amide bonds. The quantitative estimate of drug-likeness (QED) is 0.376. The van der Waals surface area contributed by atoms with E-state index in [1.54, 1.807) is 37.5 Å². The number of likely N-dealkylation sites (tertiary alicyclic amines) is 1. The van der Waals surface area contributed by atoms with Gasteiger partial charge in [0, 0.05) is 42.5 Å². The van der Waals surface area contributed by atoms with Gasteiger partial charge in [0.2, 0.25) is 5.91 Å². The summed E-state index contributed by atoms with van der Waals surface area (Å²) in [5.74, 6) is 0.674. The van der Waals surface area contributed by atoms with Crippen molar-refractivity contribution >= 4 is 22.9 Å². The number of amides is 1. The van der Waals surface area contributed by atoms with Crippen LogP contribution in [0.3, 0.4) is 0 Å². The van der Waals surface area contributed by atoms with E-state index in [0.29, 0.717) is 28.5 Å². The van der Waals surface area contributed by atoms with Crippen LogP contribution in [0.25, 0.3) is 27.6 Å². The second-order valence-electron chi connectivity index (χ2n) is 9.45. The van der Waals surface area contributed by atoms with Crippen LogP contribution in [0, 0.1) is 0 Å². The number of alkyl halides is 3. The summed E-state index contributed by atoms with van der Waals surface area (Å²) in [4.78, 5) is 25.3. The average molecular weight is 549 g/mol. The molecule has 0 aromatic carbocycles. The van der Waals surface area contributed by atoms with Crippen molar-refractivity contribution in [1.82, 2.24) is 39.6 Å². The molecule has 1 aliphatic rings. The van der Waals surface area contributed by atoms with E-state index in [9.17, 15) is 18.0 Å². The highest BCUT2D eigenvalue weighted by atomic mass is 32.1. The zero-order chi connectivity index (χ0) is 27.0. The summed E-state index contributed by atoms with van der Waals surface area (Å²) in [6.07, 6.45) is 0.745. The van der Waals surface area contributed by atoms with Crippen molar-refractivity contribution in [3.05, 3.63) is 35.2 Å². The van der Waals surface area contributed by atoms with Crippen molar-refractivity contribution in [2.45, 2.75) is 31.4 Å². The van der Waals surface area contributed by atoms with E-state index in [2.05, 4.69) is 30.2 Å². The zero-order valence-electron chi connectivity index (χ0n) is 21.1. The SMILES string of the molecule is COc1cc(-c2n[nH]c(-c3ncc(C4CCN(CC(=O)N(C)C)CC4)s3)c2CC(F)(F)F)cn2ncnc12. The molecular formula is C24H27F3N8O2S. The number of thiazole rings is 1. The maximum Gasteiger partial charge on any atom is 0.393 e. The van der Waals surface area contributed by atoms with E-state index in [1.807, 2.05) is 0 Å². The highest BCUT2D eigenvalue weighted by Gasteiger charge is 2.34. The molecule has 0 spiro atoms. The number of hydrogen-bond acceptors (Lipinski definition) is 8. The van der Waals surface area contributed by atoms with Gasteiger partial charge in [-0.2, -0.15) is 23.4 Å². The molecule has 4 aromatic heterocycles. The summed E-state index contributed by atoms with van der Waals surface area (Å²) in [5.41, 5.74) is 1.28. The normalized spacial score (nSPS) is 15.3. The molecule has 1 fully saturated rings. The Morgan fingerprint density at radius 3 is 2.71 bits per heavy atom. The van der Waals surface area contributed by atoms with Gasteiger partial charge in [0.1, 0.15) is 11.3 Å². The Balaban J connectivity index is 1.42. The third kappa shape index (κ3) is 5.36. The van der Waals surface area contributed by atoms with Crippen LogP contribution in [0.5, 0.6) is 5.75 Å². The number of carbonyl (C=O) groups is 1. The van der Waals surface area contributed by atoms with Crippen LogP contribution in [0.4, 0.5) is 13.2 Å². The van der Waals surface area contributed by atoms with E-state index in [4.69, 9.17) is 4.74 Å². The number of methoxy groups -OCH3 is 1. The van der Waals surface area contributed by atoms with Crippen LogP contribution in [0.15, 0.2) is 24.8 Å². The van der Waals surface area contributed by atoms with Gasteiger partial charge in [-0.25, -0.2) is 14.5 Å². The van der Waals surface area contributed by atoms with Crippen molar-refractivity contribution < 1.29 is 22.7 Å². The van der Waals surface area contributed by atoms with Gasteiger partial charge >= 0.3 is 6.18 Å². The molecule has 14 heteroatoms. The number of likely N-dealkylation sites (N-methyl/N-ethyl adjacent to an activating group) is 1. The molecule has 0 saturated carbocycles. The van der Waals surface area contributed by atoms with Gasteiger partial charge in [-0.3, -0.25) is 14.8 Å². The third-order valence-corrected chi connectivity index (χ3v) is 7.84. The first kappa shape index (κ1) is 26.1. The lowest BCUT2D eigenvalue weighted by molar-refractivity contribution is -0.130. The van der Waals surface area contributed by atoms with Crippen LogP contribution < -0.4 is 4.74 Å². The number of fused-ring (bicyclic) bond motifs is 1. The van der Waals surface area contributed by atoms with Gasteiger partial charge in [0.25, 0.3) is 0 Å². The maximum atomic E-state index is 13.7. The lowest BCUT2D eigenvalue weighted by Gasteiger charge is -2.31. The Morgan fingerprint density at radius 1 is 1.26 bits per heavy atom. The molecule has 5 rings (SSSR count). The predicted octanol–water partition coefficient (Wildman–Crippen LogP) is 3.62. The second kappa shape index (κ2) is 10.3. The summed E-state index contributed by atoms with van der Waals surface area (Å²) < 4.78 is 47.9. The summed E-state index contributed by atoms with van der Waals surface area (Å²) in [5, 5.41) is 11.6. The fraction of sp³-hybridized carbons (Fsp3) is 0.458. The minimum Gasteiger partial charge on any atom is -0.493 e. The minimum absolute atomic E-state index is 0.0111. The third-order valence-electron chi connectivity index (χ3n) is 6.66. The molecule has 0 radical (unpaired) electrons. The standard InChI is InChI=1S/C24H27F3N8O2S/c1-33(2)19(36)12-34-6-4-14(5-7-34)18-10-28-23(38-18)21-16(9-24(25,26)27)20(31-32-21)15-8-17(37-3)22-29-13-30-35(22)11-15/h8,10-11,13-14H,4-7,9,12H2,1-3H3,(H,31,32). The second-order valence-corrected chi connectivity index (χ2v) is 10.5. The maximum absolute atomic E-state index is 13.7. The zero-order valence-corrected chi connectivity index (χ0v) is 21.9. The van der Waals surface area contributed by atoms with Crippen LogP contribution >= 0.6 is 11.3 Å². The van der Waals surface area contributed by atoms with Crippen LogP contribution in [-0.4, -0.2) is 92.5 Å². The Morgan fingerprint density at radius 2 is 2.03 bits per heavy atom. The molecule has 0 unspecified atom stereocenters. The Bertz CT molecular complexity index is 1440. The van der Waals surface area contributed by atoms with E-state index in [-0.39, 0.29) is 28.8 Å². The number of rotatable bonds is 7. The summed E-state index contributed by atoms with van der Waals surface area (Å²) in [7, 11) is 4.94. The molecule has 0 atom stereocenters. The van der Waals surface area contributed by atoms with Crippen LogP contribution in [-0.2, 0) is 11.2 Å². The van der Waals surface area contributed by atoms with Crippen LogP contribution in [0.2, 0.25) is 0 Å². The number of pyridine rings is 1. The molecule has 38 heavy (non-hydrogen) atoms. The fourth-order valence-corrected chi connectivity index (χ4v) is 5.74. The average Bonchev–Trinajstić information content (AvgIpc) is 3.62. The van der Waals surface area contributed by atoms with Gasteiger partial charge in [0.05, 0.1) is 31.5 Å². The number of halogens is 3. The number of piperidine rings is 1. The molecule has 1 saturated heterocycles. The Kier molecular flexibility index (Phi) is 7.09. The first-order chi connectivity index (χ1) is 18.1. The van der Waals surface area contributed by atoms with Crippen molar-refractivity contribution in [1.29, 1.82) is 0 Å². The molecule has 1 N–H and O–H groups in total.